The fraction of sp³-hybridized carbons (Fsp3) is 0.0714. The highest BCUT2D eigenvalue weighted by Crippen LogP contribution is 2.20. The summed E-state index contributed by atoms with van der Waals surface area (Å²) in [6, 6.07) is 18.0. The summed E-state index contributed by atoms with van der Waals surface area (Å²) in [5.74, 6) is 0. The number of hydrogen-bond donors (Lipinski definition) is 1. The van der Waals surface area contributed by atoms with Crippen molar-refractivity contribution in [3.8, 4) is 6.07 Å². The van der Waals surface area contributed by atoms with Gasteiger partial charge in [-0.1, -0.05) is 28.1 Å². The molecule has 0 aliphatic heterocycles. The van der Waals surface area contributed by atoms with Crippen LogP contribution in [-0.2, 0) is 6.42 Å². The first kappa shape index (κ1) is 11.7. The molecule has 0 amide bonds. The maximum atomic E-state index is 8.66. The highest BCUT2D eigenvalue weighted by Gasteiger charge is 1.97. The maximum Gasteiger partial charge on any atom is 0.0669 e. The topological polar surface area (TPSA) is 35.8 Å². The lowest BCUT2D eigenvalue weighted by Crippen LogP contribution is -1.91. The Morgan fingerprint density at radius 1 is 1.06 bits per heavy atom. The summed E-state index contributed by atoms with van der Waals surface area (Å²) >= 11 is 3.40. The van der Waals surface area contributed by atoms with Gasteiger partial charge in [-0.3, -0.25) is 0 Å². The van der Waals surface area contributed by atoms with E-state index in [1.165, 1.54) is 0 Å². The predicted octanol–water partition coefficient (Wildman–Crippen LogP) is 4.26. The Labute approximate surface area is 109 Å². The Bertz CT molecular complexity index is 541. The Kier molecular flexibility index (Phi) is 3.79. The summed E-state index contributed by atoms with van der Waals surface area (Å²) in [5, 5.41) is 12.0. The van der Waals surface area contributed by atoms with Gasteiger partial charge in [-0.15, -0.1) is 0 Å². The third-order valence-electron chi connectivity index (χ3n) is 2.34. The molecule has 0 saturated carbocycles. The van der Waals surface area contributed by atoms with Crippen molar-refractivity contribution in [3.63, 3.8) is 0 Å². The van der Waals surface area contributed by atoms with E-state index in [1.807, 2.05) is 48.5 Å². The Morgan fingerprint density at radius 3 is 2.53 bits per heavy atom. The molecule has 0 aliphatic carbocycles. The standard InChI is InChI=1S/C14H11BrN2/c15-12-4-6-13(7-5-12)17-14-3-1-2-11(10-14)8-9-16/h1-7,10,17H,8H2. The first-order valence-corrected chi connectivity index (χ1v) is 6.06. The lowest BCUT2D eigenvalue weighted by Gasteiger charge is -2.07. The van der Waals surface area contributed by atoms with Gasteiger partial charge in [0.15, 0.2) is 0 Å². The highest BCUT2D eigenvalue weighted by atomic mass is 79.9. The van der Waals surface area contributed by atoms with E-state index in [1.54, 1.807) is 0 Å². The average molecular weight is 287 g/mol. The fourth-order valence-corrected chi connectivity index (χ4v) is 1.81. The summed E-state index contributed by atoms with van der Waals surface area (Å²) in [4.78, 5) is 0. The molecule has 2 rings (SSSR count). The van der Waals surface area contributed by atoms with Crippen LogP contribution in [0, 0.1) is 11.3 Å². The molecule has 0 aromatic heterocycles. The molecule has 0 atom stereocenters. The van der Waals surface area contributed by atoms with E-state index < -0.39 is 0 Å². The van der Waals surface area contributed by atoms with Crippen molar-refractivity contribution in [2.24, 2.45) is 0 Å². The zero-order chi connectivity index (χ0) is 12.1. The smallest absolute Gasteiger partial charge is 0.0669 e. The van der Waals surface area contributed by atoms with Crippen molar-refractivity contribution in [2.45, 2.75) is 6.42 Å². The number of nitrogens with zero attached hydrogens (tertiary/aromatic N) is 1. The van der Waals surface area contributed by atoms with Crippen LogP contribution in [0.5, 0.6) is 0 Å². The van der Waals surface area contributed by atoms with E-state index in [9.17, 15) is 0 Å². The Morgan fingerprint density at radius 2 is 1.82 bits per heavy atom. The first-order valence-electron chi connectivity index (χ1n) is 5.26. The number of anilines is 2. The SMILES string of the molecule is N#CCc1cccc(Nc2ccc(Br)cc2)c1. The van der Waals surface area contributed by atoms with Crippen LogP contribution in [0.1, 0.15) is 5.56 Å². The van der Waals surface area contributed by atoms with Gasteiger partial charge in [0.2, 0.25) is 0 Å². The van der Waals surface area contributed by atoms with E-state index in [0.717, 1.165) is 21.4 Å². The first-order chi connectivity index (χ1) is 8.28. The average Bonchev–Trinajstić information content (AvgIpc) is 2.33. The lowest BCUT2D eigenvalue weighted by molar-refractivity contribution is 1.26. The minimum Gasteiger partial charge on any atom is -0.356 e. The number of hydrogen-bond acceptors (Lipinski definition) is 2. The summed E-state index contributed by atoms with van der Waals surface area (Å²) in [6.45, 7) is 0. The number of nitrogens with one attached hydrogen (secondary N) is 1. The normalized spacial score (nSPS) is 9.65. The molecular formula is C14H11BrN2. The predicted molar refractivity (Wildman–Crippen MR) is 73.2 cm³/mol. The van der Waals surface area contributed by atoms with E-state index in [4.69, 9.17) is 5.26 Å². The van der Waals surface area contributed by atoms with E-state index in [0.29, 0.717) is 6.42 Å². The third-order valence-corrected chi connectivity index (χ3v) is 2.87. The summed E-state index contributed by atoms with van der Waals surface area (Å²) in [6.07, 6.45) is 0.440. The summed E-state index contributed by atoms with van der Waals surface area (Å²) in [5.41, 5.74) is 3.05. The van der Waals surface area contributed by atoms with Crippen LogP contribution in [-0.4, -0.2) is 0 Å². The number of benzene rings is 2. The molecule has 0 heterocycles. The summed E-state index contributed by atoms with van der Waals surface area (Å²) < 4.78 is 1.06. The van der Waals surface area contributed by atoms with Crippen molar-refractivity contribution >= 4 is 27.3 Å². The van der Waals surface area contributed by atoms with Gasteiger partial charge in [0.25, 0.3) is 0 Å². The van der Waals surface area contributed by atoms with Crippen LogP contribution in [0.2, 0.25) is 0 Å². The van der Waals surface area contributed by atoms with Crippen LogP contribution >= 0.6 is 15.9 Å². The molecule has 2 aromatic carbocycles. The van der Waals surface area contributed by atoms with E-state index in [-0.39, 0.29) is 0 Å². The fourth-order valence-electron chi connectivity index (χ4n) is 1.55. The molecule has 0 radical (unpaired) electrons. The monoisotopic (exact) mass is 286 g/mol. The van der Waals surface area contributed by atoms with Gasteiger partial charge in [-0.2, -0.15) is 5.26 Å². The Hall–Kier alpha value is -1.79. The second-order valence-corrected chi connectivity index (χ2v) is 4.58. The van der Waals surface area contributed by atoms with Crippen LogP contribution < -0.4 is 5.32 Å². The zero-order valence-corrected chi connectivity index (χ0v) is 10.7. The largest absolute Gasteiger partial charge is 0.356 e. The molecule has 17 heavy (non-hydrogen) atoms. The van der Waals surface area contributed by atoms with Gasteiger partial charge >= 0.3 is 0 Å². The number of halogens is 1. The van der Waals surface area contributed by atoms with E-state index >= 15 is 0 Å². The van der Waals surface area contributed by atoms with Crippen molar-refractivity contribution in [1.82, 2.24) is 0 Å². The van der Waals surface area contributed by atoms with Gasteiger partial charge in [0, 0.05) is 15.8 Å². The molecule has 2 aromatic rings. The number of rotatable bonds is 3. The van der Waals surface area contributed by atoms with Crippen molar-refractivity contribution in [3.05, 3.63) is 58.6 Å². The molecule has 0 unspecified atom stereocenters. The molecule has 1 N–H and O–H groups in total. The molecule has 0 bridgehead atoms. The van der Waals surface area contributed by atoms with Crippen molar-refractivity contribution in [2.75, 3.05) is 5.32 Å². The molecule has 2 nitrogen and oxygen atoms in total. The second kappa shape index (κ2) is 5.51. The molecule has 0 aliphatic rings. The second-order valence-electron chi connectivity index (χ2n) is 3.67. The highest BCUT2D eigenvalue weighted by molar-refractivity contribution is 9.10. The van der Waals surface area contributed by atoms with Gasteiger partial charge in [0.1, 0.15) is 0 Å². The molecular weight excluding hydrogens is 276 g/mol. The van der Waals surface area contributed by atoms with Crippen LogP contribution in [0.4, 0.5) is 11.4 Å². The molecule has 0 saturated heterocycles. The van der Waals surface area contributed by atoms with Crippen molar-refractivity contribution in [1.29, 1.82) is 5.26 Å². The maximum absolute atomic E-state index is 8.66. The van der Waals surface area contributed by atoms with Gasteiger partial charge in [-0.25, -0.2) is 0 Å². The Balaban J connectivity index is 2.16. The molecule has 0 fully saturated rings. The van der Waals surface area contributed by atoms with Crippen LogP contribution in [0.3, 0.4) is 0 Å². The van der Waals surface area contributed by atoms with Crippen molar-refractivity contribution < 1.29 is 0 Å². The molecule has 84 valence electrons. The van der Waals surface area contributed by atoms with Gasteiger partial charge in [-0.05, 0) is 42.0 Å². The van der Waals surface area contributed by atoms with Crippen LogP contribution in [0.25, 0.3) is 0 Å². The van der Waals surface area contributed by atoms with Gasteiger partial charge in [0.05, 0.1) is 12.5 Å². The van der Waals surface area contributed by atoms with Gasteiger partial charge < -0.3 is 5.32 Å². The lowest BCUT2D eigenvalue weighted by atomic mass is 10.1. The molecule has 0 spiro atoms. The van der Waals surface area contributed by atoms with Crippen LogP contribution in [0.15, 0.2) is 53.0 Å². The third kappa shape index (κ3) is 3.33. The summed E-state index contributed by atoms with van der Waals surface area (Å²) in [7, 11) is 0. The number of nitriles is 1. The minimum absolute atomic E-state index is 0.440. The van der Waals surface area contributed by atoms with E-state index in [2.05, 4.69) is 27.3 Å². The zero-order valence-electron chi connectivity index (χ0n) is 9.15. The quantitative estimate of drug-likeness (QED) is 0.915. The minimum atomic E-state index is 0.440. The molecule has 3 heteroatoms.